The third-order valence-corrected chi connectivity index (χ3v) is 3.21. The fourth-order valence-corrected chi connectivity index (χ4v) is 2.21. The lowest BCUT2D eigenvalue weighted by molar-refractivity contribution is -0.115. The lowest BCUT2D eigenvalue weighted by Crippen LogP contribution is -2.16. The zero-order valence-electron chi connectivity index (χ0n) is 12.1. The average Bonchev–Trinajstić information content (AvgIpc) is 2.48. The smallest absolute Gasteiger partial charge is 0.228 e. The van der Waals surface area contributed by atoms with Crippen LogP contribution in [0.25, 0.3) is 0 Å². The molecule has 0 atom stereocenters. The van der Waals surface area contributed by atoms with Gasteiger partial charge in [-0.05, 0) is 28.8 Å². The molecule has 2 rings (SSSR count). The fraction of sp³-hybridized carbons (Fsp3) is 0.235. The maximum absolute atomic E-state index is 12.1. The van der Waals surface area contributed by atoms with Gasteiger partial charge in [0.15, 0.2) is 0 Å². The van der Waals surface area contributed by atoms with E-state index < -0.39 is 0 Å². The first kappa shape index (κ1) is 15.2. The highest BCUT2D eigenvalue weighted by Crippen LogP contribution is 2.13. The van der Waals surface area contributed by atoms with Crippen LogP contribution in [0.15, 0.2) is 48.5 Å². The van der Waals surface area contributed by atoms with Crippen LogP contribution < -0.4 is 11.1 Å². The maximum Gasteiger partial charge on any atom is 0.228 e. The van der Waals surface area contributed by atoms with Gasteiger partial charge in [-0.15, -0.1) is 0 Å². The Hall–Kier alpha value is -2.17. The minimum atomic E-state index is -0.0505. The number of rotatable bonds is 6. The first-order valence-corrected chi connectivity index (χ1v) is 6.87. The van der Waals surface area contributed by atoms with Crippen LogP contribution in [0.4, 0.5) is 5.69 Å². The fourth-order valence-electron chi connectivity index (χ4n) is 2.21. The Kier molecular flexibility index (Phi) is 5.49. The van der Waals surface area contributed by atoms with Gasteiger partial charge in [0.25, 0.3) is 0 Å². The summed E-state index contributed by atoms with van der Waals surface area (Å²) in [6.45, 7) is 0.965. The van der Waals surface area contributed by atoms with E-state index in [-0.39, 0.29) is 5.91 Å². The highest BCUT2D eigenvalue weighted by atomic mass is 16.5. The van der Waals surface area contributed by atoms with E-state index in [0.717, 1.165) is 22.4 Å². The van der Waals surface area contributed by atoms with E-state index >= 15 is 0 Å². The van der Waals surface area contributed by atoms with E-state index in [1.165, 1.54) is 0 Å². The number of ether oxygens (including phenoxy) is 1. The normalized spacial score (nSPS) is 10.4. The number of anilines is 1. The van der Waals surface area contributed by atoms with Crippen molar-refractivity contribution in [3.63, 3.8) is 0 Å². The van der Waals surface area contributed by atoms with Gasteiger partial charge in [0.2, 0.25) is 5.91 Å². The predicted octanol–water partition coefficient (Wildman–Crippen LogP) is 2.47. The molecule has 110 valence electrons. The van der Waals surface area contributed by atoms with E-state index in [1.54, 1.807) is 7.11 Å². The third kappa shape index (κ3) is 4.41. The Morgan fingerprint density at radius 2 is 1.90 bits per heavy atom. The molecule has 4 nitrogen and oxygen atoms in total. The minimum Gasteiger partial charge on any atom is -0.380 e. The van der Waals surface area contributed by atoms with Crippen molar-refractivity contribution in [3.8, 4) is 0 Å². The van der Waals surface area contributed by atoms with Gasteiger partial charge in [-0.2, -0.15) is 0 Å². The molecule has 0 bridgehead atoms. The first-order chi connectivity index (χ1) is 10.2. The number of hydrogen-bond donors (Lipinski definition) is 2. The molecule has 0 aromatic heterocycles. The third-order valence-electron chi connectivity index (χ3n) is 3.21. The van der Waals surface area contributed by atoms with Crippen molar-refractivity contribution in [2.24, 2.45) is 5.73 Å². The van der Waals surface area contributed by atoms with Gasteiger partial charge in [0, 0.05) is 19.3 Å². The van der Waals surface area contributed by atoms with Gasteiger partial charge >= 0.3 is 0 Å². The Morgan fingerprint density at radius 3 is 2.62 bits per heavy atom. The van der Waals surface area contributed by atoms with Crippen molar-refractivity contribution in [1.29, 1.82) is 0 Å². The molecule has 0 radical (unpaired) electrons. The highest BCUT2D eigenvalue weighted by Gasteiger charge is 2.07. The number of carbonyl (C=O) groups is 1. The highest BCUT2D eigenvalue weighted by molar-refractivity contribution is 5.92. The second-order valence-electron chi connectivity index (χ2n) is 4.83. The van der Waals surface area contributed by atoms with Crippen LogP contribution in [0.1, 0.15) is 16.7 Å². The van der Waals surface area contributed by atoms with Crippen LogP contribution in [-0.2, 0) is 29.1 Å². The molecule has 1 amide bonds. The Labute approximate surface area is 124 Å². The summed E-state index contributed by atoms with van der Waals surface area (Å²) in [7, 11) is 1.65. The Bertz CT molecular complexity index is 611. The summed E-state index contributed by atoms with van der Waals surface area (Å²) in [4.78, 5) is 12.1. The summed E-state index contributed by atoms with van der Waals surface area (Å²) in [5.41, 5.74) is 9.45. The molecule has 0 aliphatic rings. The topological polar surface area (TPSA) is 64.3 Å². The van der Waals surface area contributed by atoms with Crippen molar-refractivity contribution in [2.75, 3.05) is 12.4 Å². The summed E-state index contributed by atoms with van der Waals surface area (Å²) in [5.74, 6) is -0.0505. The zero-order valence-corrected chi connectivity index (χ0v) is 12.1. The average molecular weight is 284 g/mol. The molecular formula is C17H20N2O2. The molecule has 21 heavy (non-hydrogen) atoms. The lowest BCUT2D eigenvalue weighted by Gasteiger charge is -2.09. The van der Waals surface area contributed by atoms with Crippen LogP contribution >= 0.6 is 0 Å². The van der Waals surface area contributed by atoms with Gasteiger partial charge in [0.05, 0.1) is 13.0 Å². The van der Waals surface area contributed by atoms with Crippen molar-refractivity contribution in [2.45, 2.75) is 19.6 Å². The van der Waals surface area contributed by atoms with E-state index in [2.05, 4.69) is 5.32 Å². The lowest BCUT2D eigenvalue weighted by atomic mass is 10.0. The molecule has 0 saturated heterocycles. The van der Waals surface area contributed by atoms with E-state index in [1.807, 2.05) is 48.5 Å². The summed E-state index contributed by atoms with van der Waals surface area (Å²) in [6, 6.07) is 15.4. The number of nitrogens with two attached hydrogens (primary N) is 1. The number of nitrogens with one attached hydrogen (secondary N) is 1. The van der Waals surface area contributed by atoms with E-state index in [9.17, 15) is 4.79 Å². The monoisotopic (exact) mass is 284 g/mol. The molecule has 0 fully saturated rings. The van der Waals surface area contributed by atoms with Crippen molar-refractivity contribution in [3.05, 3.63) is 65.2 Å². The van der Waals surface area contributed by atoms with Gasteiger partial charge in [-0.1, -0.05) is 36.4 Å². The molecular weight excluding hydrogens is 264 g/mol. The van der Waals surface area contributed by atoms with Crippen LogP contribution in [0, 0.1) is 0 Å². The standard InChI is InChI=1S/C17H20N2O2/c1-21-12-13-5-4-8-16(9-13)19-17(20)10-14-6-2-3-7-15(14)11-18/h2-9H,10-12,18H2,1H3,(H,19,20). The summed E-state index contributed by atoms with van der Waals surface area (Å²) in [6.07, 6.45) is 0.321. The van der Waals surface area contributed by atoms with E-state index in [0.29, 0.717) is 19.6 Å². The number of benzene rings is 2. The number of carbonyl (C=O) groups excluding carboxylic acids is 1. The van der Waals surface area contributed by atoms with Crippen LogP contribution in [0.2, 0.25) is 0 Å². The molecule has 3 N–H and O–H groups in total. The molecule has 4 heteroatoms. The summed E-state index contributed by atoms with van der Waals surface area (Å²) in [5, 5.41) is 2.91. The van der Waals surface area contributed by atoms with Gasteiger partial charge < -0.3 is 15.8 Å². The second kappa shape index (κ2) is 7.57. The molecule has 0 spiro atoms. The molecule has 0 heterocycles. The Morgan fingerprint density at radius 1 is 1.14 bits per heavy atom. The van der Waals surface area contributed by atoms with Crippen LogP contribution in [-0.4, -0.2) is 13.0 Å². The zero-order chi connectivity index (χ0) is 15.1. The van der Waals surface area contributed by atoms with Crippen molar-refractivity contribution >= 4 is 11.6 Å². The number of amides is 1. The molecule has 0 unspecified atom stereocenters. The van der Waals surface area contributed by atoms with Crippen LogP contribution in [0.5, 0.6) is 0 Å². The SMILES string of the molecule is COCc1cccc(NC(=O)Cc2ccccc2CN)c1. The minimum absolute atomic E-state index is 0.0505. The summed E-state index contributed by atoms with van der Waals surface area (Å²) < 4.78 is 5.09. The Balaban J connectivity index is 2.03. The molecule has 2 aromatic rings. The first-order valence-electron chi connectivity index (χ1n) is 6.87. The van der Waals surface area contributed by atoms with E-state index in [4.69, 9.17) is 10.5 Å². The van der Waals surface area contributed by atoms with Crippen molar-refractivity contribution < 1.29 is 9.53 Å². The molecule has 2 aromatic carbocycles. The van der Waals surface area contributed by atoms with Gasteiger partial charge in [0.1, 0.15) is 0 Å². The second-order valence-corrected chi connectivity index (χ2v) is 4.83. The molecule has 0 aliphatic carbocycles. The van der Waals surface area contributed by atoms with Crippen LogP contribution in [0.3, 0.4) is 0 Å². The number of hydrogen-bond acceptors (Lipinski definition) is 3. The largest absolute Gasteiger partial charge is 0.380 e. The van der Waals surface area contributed by atoms with Gasteiger partial charge in [-0.25, -0.2) is 0 Å². The molecule has 0 saturated carbocycles. The van der Waals surface area contributed by atoms with Gasteiger partial charge in [-0.3, -0.25) is 4.79 Å². The maximum atomic E-state index is 12.1. The quantitative estimate of drug-likeness (QED) is 0.856. The molecule has 0 aliphatic heterocycles. The predicted molar refractivity (Wildman–Crippen MR) is 83.8 cm³/mol. The van der Waals surface area contributed by atoms with Crippen molar-refractivity contribution in [1.82, 2.24) is 0 Å². The summed E-state index contributed by atoms with van der Waals surface area (Å²) >= 11 is 0. The number of methoxy groups -OCH3 is 1.